The number of aryl methyl sites for hydroxylation is 1. The summed E-state index contributed by atoms with van der Waals surface area (Å²) in [6.45, 7) is 2.02. The average Bonchev–Trinajstić information content (AvgIpc) is 2.49. The van der Waals surface area contributed by atoms with E-state index in [4.69, 9.17) is 0 Å². The number of amides is 1. The lowest BCUT2D eigenvalue weighted by Crippen LogP contribution is -2.12. The van der Waals surface area contributed by atoms with Gasteiger partial charge in [-0.3, -0.25) is 9.78 Å². The maximum atomic E-state index is 12.2. The zero-order valence-corrected chi connectivity index (χ0v) is 11.1. The van der Waals surface area contributed by atoms with Gasteiger partial charge in [0.2, 0.25) is 0 Å². The third kappa shape index (κ3) is 2.38. The Bertz CT molecular complexity index is 766. The van der Waals surface area contributed by atoms with Crippen molar-refractivity contribution in [2.24, 2.45) is 0 Å². The van der Waals surface area contributed by atoms with Crippen molar-refractivity contribution in [1.29, 1.82) is 0 Å². The van der Waals surface area contributed by atoms with E-state index in [9.17, 15) is 4.79 Å². The molecular weight excluding hydrogens is 248 g/mol. The molecule has 0 aliphatic heterocycles. The number of carbonyl (C=O) groups excluding carboxylic acids is 1. The lowest BCUT2D eigenvalue weighted by atomic mass is 10.1. The molecule has 0 unspecified atom stereocenters. The highest BCUT2D eigenvalue weighted by Crippen LogP contribution is 2.23. The second-order valence-corrected chi connectivity index (χ2v) is 4.70. The van der Waals surface area contributed by atoms with Crippen LogP contribution in [0.15, 0.2) is 60.8 Å². The number of anilines is 1. The molecule has 0 saturated carbocycles. The zero-order valence-electron chi connectivity index (χ0n) is 11.1. The van der Waals surface area contributed by atoms with E-state index < -0.39 is 0 Å². The molecule has 0 atom stereocenters. The van der Waals surface area contributed by atoms with Crippen LogP contribution in [0.4, 0.5) is 5.69 Å². The summed E-state index contributed by atoms with van der Waals surface area (Å²) in [6, 6.07) is 17.0. The fourth-order valence-electron chi connectivity index (χ4n) is 2.15. The fraction of sp³-hybridized carbons (Fsp3) is 0.0588. The van der Waals surface area contributed by atoms with E-state index in [-0.39, 0.29) is 5.91 Å². The molecule has 0 spiro atoms. The van der Waals surface area contributed by atoms with E-state index >= 15 is 0 Å². The van der Waals surface area contributed by atoms with Gasteiger partial charge in [-0.15, -0.1) is 0 Å². The normalized spacial score (nSPS) is 10.4. The van der Waals surface area contributed by atoms with Crippen LogP contribution < -0.4 is 5.32 Å². The van der Waals surface area contributed by atoms with Gasteiger partial charge in [-0.2, -0.15) is 0 Å². The van der Waals surface area contributed by atoms with Crippen molar-refractivity contribution in [1.82, 2.24) is 4.98 Å². The fourth-order valence-corrected chi connectivity index (χ4v) is 2.15. The number of carbonyl (C=O) groups is 1. The monoisotopic (exact) mass is 262 g/mol. The van der Waals surface area contributed by atoms with Crippen LogP contribution in [0.3, 0.4) is 0 Å². The number of benzene rings is 2. The Morgan fingerprint density at radius 1 is 1.05 bits per heavy atom. The molecule has 1 aromatic heterocycles. The molecule has 1 heterocycles. The van der Waals surface area contributed by atoms with Crippen molar-refractivity contribution < 1.29 is 4.79 Å². The minimum absolute atomic E-state index is 0.111. The van der Waals surface area contributed by atoms with Gasteiger partial charge in [0.25, 0.3) is 5.91 Å². The van der Waals surface area contributed by atoms with Gasteiger partial charge in [0, 0.05) is 17.1 Å². The van der Waals surface area contributed by atoms with Crippen molar-refractivity contribution >= 4 is 22.5 Å². The smallest absolute Gasteiger partial charge is 0.255 e. The largest absolute Gasteiger partial charge is 0.321 e. The molecule has 3 heteroatoms. The quantitative estimate of drug-likeness (QED) is 0.763. The first-order chi connectivity index (χ1) is 9.74. The Morgan fingerprint density at radius 3 is 2.65 bits per heavy atom. The summed E-state index contributed by atoms with van der Waals surface area (Å²) < 4.78 is 0. The number of rotatable bonds is 2. The van der Waals surface area contributed by atoms with Gasteiger partial charge in [-0.05, 0) is 37.3 Å². The van der Waals surface area contributed by atoms with Gasteiger partial charge >= 0.3 is 0 Å². The van der Waals surface area contributed by atoms with Gasteiger partial charge in [-0.1, -0.05) is 29.8 Å². The summed E-state index contributed by atoms with van der Waals surface area (Å²) in [6.07, 6.45) is 1.71. The predicted molar refractivity (Wildman–Crippen MR) is 80.9 cm³/mol. The van der Waals surface area contributed by atoms with E-state index in [2.05, 4.69) is 10.3 Å². The number of hydrogen-bond donors (Lipinski definition) is 1. The molecule has 0 aliphatic carbocycles. The van der Waals surface area contributed by atoms with Gasteiger partial charge < -0.3 is 5.32 Å². The van der Waals surface area contributed by atoms with E-state index in [0.717, 1.165) is 22.2 Å². The second kappa shape index (κ2) is 5.13. The third-order valence-electron chi connectivity index (χ3n) is 3.18. The number of hydrogen-bond acceptors (Lipinski definition) is 2. The van der Waals surface area contributed by atoms with Gasteiger partial charge in [-0.25, -0.2) is 0 Å². The number of nitrogens with one attached hydrogen (secondary N) is 1. The lowest BCUT2D eigenvalue weighted by Gasteiger charge is -2.09. The first-order valence-electron chi connectivity index (χ1n) is 6.46. The van der Waals surface area contributed by atoms with Crippen LogP contribution in [0.25, 0.3) is 10.9 Å². The minimum atomic E-state index is -0.111. The van der Waals surface area contributed by atoms with Crippen LogP contribution in [0.1, 0.15) is 15.9 Å². The van der Waals surface area contributed by atoms with E-state index in [1.165, 1.54) is 0 Å². The van der Waals surface area contributed by atoms with Gasteiger partial charge in [0.05, 0.1) is 11.2 Å². The van der Waals surface area contributed by atoms with Crippen molar-refractivity contribution in [3.8, 4) is 0 Å². The maximum Gasteiger partial charge on any atom is 0.255 e. The Kier molecular flexibility index (Phi) is 3.17. The summed E-state index contributed by atoms with van der Waals surface area (Å²) in [4.78, 5) is 16.5. The summed E-state index contributed by atoms with van der Waals surface area (Å²) in [5, 5.41) is 3.90. The van der Waals surface area contributed by atoms with Crippen LogP contribution in [-0.4, -0.2) is 10.9 Å². The molecule has 2 aromatic carbocycles. The number of pyridine rings is 1. The van der Waals surface area contributed by atoms with Gasteiger partial charge in [0.1, 0.15) is 0 Å². The zero-order chi connectivity index (χ0) is 13.9. The van der Waals surface area contributed by atoms with Crippen LogP contribution in [0.5, 0.6) is 0 Å². The van der Waals surface area contributed by atoms with Crippen molar-refractivity contribution in [3.63, 3.8) is 0 Å². The third-order valence-corrected chi connectivity index (χ3v) is 3.18. The standard InChI is InChI=1S/C17H14N2O/c1-12-7-8-15-14(11-12)16(9-10-18-15)19-17(20)13-5-3-2-4-6-13/h2-11H,1H3,(H,18,19,20). The first kappa shape index (κ1) is 12.4. The average molecular weight is 262 g/mol. The minimum Gasteiger partial charge on any atom is -0.321 e. The molecule has 1 amide bonds. The Hall–Kier alpha value is -2.68. The molecule has 1 N–H and O–H groups in total. The molecule has 3 aromatic rings. The topological polar surface area (TPSA) is 42.0 Å². The Balaban J connectivity index is 1.99. The molecule has 3 nitrogen and oxygen atoms in total. The van der Waals surface area contributed by atoms with Crippen molar-refractivity contribution in [2.45, 2.75) is 6.92 Å². The molecule has 20 heavy (non-hydrogen) atoms. The second-order valence-electron chi connectivity index (χ2n) is 4.70. The molecule has 0 fully saturated rings. The molecule has 98 valence electrons. The Morgan fingerprint density at radius 2 is 1.85 bits per heavy atom. The number of fused-ring (bicyclic) bond motifs is 1. The van der Waals surface area contributed by atoms with Gasteiger partial charge in [0.15, 0.2) is 0 Å². The van der Waals surface area contributed by atoms with E-state index in [1.54, 1.807) is 18.3 Å². The summed E-state index contributed by atoms with van der Waals surface area (Å²) in [5.41, 5.74) is 3.44. The summed E-state index contributed by atoms with van der Waals surface area (Å²) in [5.74, 6) is -0.111. The first-order valence-corrected chi connectivity index (χ1v) is 6.46. The van der Waals surface area contributed by atoms with E-state index in [1.807, 2.05) is 49.4 Å². The van der Waals surface area contributed by atoms with Crippen LogP contribution in [-0.2, 0) is 0 Å². The van der Waals surface area contributed by atoms with E-state index in [0.29, 0.717) is 5.56 Å². The summed E-state index contributed by atoms with van der Waals surface area (Å²) in [7, 11) is 0. The molecule has 0 bridgehead atoms. The highest BCUT2D eigenvalue weighted by molar-refractivity contribution is 6.08. The molecule has 0 saturated heterocycles. The molecular formula is C17H14N2O. The highest BCUT2D eigenvalue weighted by Gasteiger charge is 2.08. The van der Waals surface area contributed by atoms with Crippen molar-refractivity contribution in [2.75, 3.05) is 5.32 Å². The lowest BCUT2D eigenvalue weighted by molar-refractivity contribution is 0.102. The van der Waals surface area contributed by atoms with Crippen LogP contribution in [0.2, 0.25) is 0 Å². The van der Waals surface area contributed by atoms with Crippen LogP contribution in [0, 0.1) is 6.92 Å². The highest BCUT2D eigenvalue weighted by atomic mass is 16.1. The molecule has 0 aliphatic rings. The molecule has 0 radical (unpaired) electrons. The van der Waals surface area contributed by atoms with Crippen molar-refractivity contribution in [3.05, 3.63) is 71.9 Å². The SMILES string of the molecule is Cc1ccc2nccc(NC(=O)c3ccccc3)c2c1. The Labute approximate surface area is 117 Å². The molecule has 3 rings (SSSR count). The predicted octanol–water partition coefficient (Wildman–Crippen LogP) is 3.80. The summed E-state index contributed by atoms with van der Waals surface area (Å²) >= 11 is 0. The maximum absolute atomic E-state index is 12.2. The number of nitrogens with zero attached hydrogens (tertiary/aromatic N) is 1. The number of aromatic nitrogens is 1. The van der Waals surface area contributed by atoms with Crippen LogP contribution >= 0.6 is 0 Å².